The van der Waals surface area contributed by atoms with Gasteiger partial charge in [0.15, 0.2) is 0 Å². The number of carbonyl (C=O) groups excluding carboxylic acids is 1. The Morgan fingerprint density at radius 2 is 2.14 bits per heavy atom. The summed E-state index contributed by atoms with van der Waals surface area (Å²) < 4.78 is 10.4. The minimum Gasteiger partial charge on any atom is -0.497 e. The second-order valence-corrected chi connectivity index (χ2v) is 6.70. The molecule has 0 bridgehead atoms. The van der Waals surface area contributed by atoms with Crippen molar-refractivity contribution in [3.8, 4) is 11.5 Å². The summed E-state index contributed by atoms with van der Waals surface area (Å²) in [7, 11) is 3.15. The predicted octanol–water partition coefficient (Wildman–Crippen LogP) is 3.39. The van der Waals surface area contributed by atoms with Gasteiger partial charge >= 0.3 is 0 Å². The molecule has 1 aromatic carbocycles. The zero-order chi connectivity index (χ0) is 15.2. The van der Waals surface area contributed by atoms with Crippen LogP contribution in [0.3, 0.4) is 0 Å². The average Bonchev–Trinajstić information content (AvgIpc) is 2.52. The minimum atomic E-state index is -0.0915. The Morgan fingerprint density at radius 1 is 1.33 bits per heavy atom. The first-order valence-corrected chi connectivity index (χ1v) is 8.20. The third kappa shape index (κ3) is 4.37. The van der Waals surface area contributed by atoms with Crippen LogP contribution in [-0.2, 0) is 0 Å². The molecule has 1 amide bonds. The number of halogens is 1. The highest BCUT2D eigenvalue weighted by Crippen LogP contribution is 2.29. The van der Waals surface area contributed by atoms with Crippen LogP contribution in [0.1, 0.15) is 36.0 Å². The number of amides is 1. The number of hydrogen-bond acceptors (Lipinski definition) is 3. The number of methoxy groups -OCH3 is 2. The molecular formula is C16H22BrNO3. The first-order valence-electron chi connectivity index (χ1n) is 7.28. The lowest BCUT2D eigenvalue weighted by Gasteiger charge is -2.25. The van der Waals surface area contributed by atoms with Crippen LogP contribution < -0.4 is 14.8 Å². The number of benzene rings is 1. The van der Waals surface area contributed by atoms with Crippen LogP contribution in [0.25, 0.3) is 0 Å². The SMILES string of the molecule is COc1ccc(C(=O)NCC2CCCC(Br)C2)c(OC)c1. The Labute approximate surface area is 134 Å². The fraction of sp³-hybridized carbons (Fsp3) is 0.562. The molecule has 0 heterocycles. The summed E-state index contributed by atoms with van der Waals surface area (Å²) in [6, 6.07) is 5.23. The van der Waals surface area contributed by atoms with Gasteiger partial charge in [-0.2, -0.15) is 0 Å². The van der Waals surface area contributed by atoms with Crippen molar-refractivity contribution in [3.05, 3.63) is 23.8 Å². The van der Waals surface area contributed by atoms with Crippen molar-refractivity contribution < 1.29 is 14.3 Å². The normalized spacial score (nSPS) is 21.7. The molecule has 1 aromatic rings. The molecule has 116 valence electrons. The molecule has 0 radical (unpaired) electrons. The van der Waals surface area contributed by atoms with Crippen molar-refractivity contribution in [1.82, 2.24) is 5.32 Å². The topological polar surface area (TPSA) is 47.6 Å². The van der Waals surface area contributed by atoms with E-state index in [0.717, 1.165) is 13.0 Å². The molecule has 0 saturated heterocycles. The van der Waals surface area contributed by atoms with E-state index >= 15 is 0 Å². The van der Waals surface area contributed by atoms with Gasteiger partial charge < -0.3 is 14.8 Å². The van der Waals surface area contributed by atoms with E-state index in [0.29, 0.717) is 27.8 Å². The zero-order valence-electron chi connectivity index (χ0n) is 12.5. The van der Waals surface area contributed by atoms with Gasteiger partial charge in [-0.05, 0) is 37.3 Å². The summed E-state index contributed by atoms with van der Waals surface area (Å²) in [6.45, 7) is 0.718. The fourth-order valence-electron chi connectivity index (χ4n) is 2.73. The van der Waals surface area contributed by atoms with Gasteiger partial charge in [-0.25, -0.2) is 0 Å². The van der Waals surface area contributed by atoms with E-state index in [1.165, 1.54) is 19.3 Å². The van der Waals surface area contributed by atoms with Crippen molar-refractivity contribution in [2.75, 3.05) is 20.8 Å². The van der Waals surface area contributed by atoms with Crippen molar-refractivity contribution in [2.24, 2.45) is 5.92 Å². The van der Waals surface area contributed by atoms with Crippen LogP contribution in [0.4, 0.5) is 0 Å². The number of hydrogen-bond donors (Lipinski definition) is 1. The van der Waals surface area contributed by atoms with Crippen molar-refractivity contribution >= 4 is 21.8 Å². The molecule has 2 unspecified atom stereocenters. The number of rotatable bonds is 5. The van der Waals surface area contributed by atoms with Crippen LogP contribution in [0.5, 0.6) is 11.5 Å². The maximum atomic E-state index is 12.3. The Balaban J connectivity index is 1.96. The lowest BCUT2D eigenvalue weighted by molar-refractivity contribution is 0.0941. The third-order valence-corrected chi connectivity index (χ3v) is 4.76. The Kier molecular flexibility index (Phi) is 5.91. The van der Waals surface area contributed by atoms with Crippen LogP contribution >= 0.6 is 15.9 Å². The summed E-state index contributed by atoms with van der Waals surface area (Å²) in [5.74, 6) is 1.68. The quantitative estimate of drug-likeness (QED) is 0.823. The summed E-state index contributed by atoms with van der Waals surface area (Å²) >= 11 is 3.67. The Bertz CT molecular complexity index is 492. The molecule has 4 nitrogen and oxygen atoms in total. The number of carbonyl (C=O) groups is 1. The zero-order valence-corrected chi connectivity index (χ0v) is 14.1. The molecule has 1 aliphatic rings. The smallest absolute Gasteiger partial charge is 0.255 e. The molecule has 1 fully saturated rings. The van der Waals surface area contributed by atoms with Crippen LogP contribution in [0.2, 0.25) is 0 Å². The molecule has 0 aliphatic heterocycles. The van der Waals surface area contributed by atoms with Gasteiger partial charge in [-0.1, -0.05) is 22.4 Å². The van der Waals surface area contributed by atoms with E-state index in [4.69, 9.17) is 9.47 Å². The van der Waals surface area contributed by atoms with E-state index in [1.54, 1.807) is 32.4 Å². The highest BCUT2D eigenvalue weighted by molar-refractivity contribution is 9.09. The molecule has 1 saturated carbocycles. The van der Waals surface area contributed by atoms with Crippen LogP contribution in [0.15, 0.2) is 18.2 Å². The third-order valence-electron chi connectivity index (χ3n) is 3.92. The van der Waals surface area contributed by atoms with Crippen molar-refractivity contribution in [1.29, 1.82) is 0 Å². The van der Waals surface area contributed by atoms with E-state index in [2.05, 4.69) is 21.2 Å². The predicted molar refractivity (Wildman–Crippen MR) is 86.6 cm³/mol. The molecule has 2 atom stereocenters. The van der Waals surface area contributed by atoms with Gasteiger partial charge in [0.25, 0.3) is 5.91 Å². The first kappa shape index (κ1) is 16.1. The van der Waals surface area contributed by atoms with Crippen LogP contribution in [-0.4, -0.2) is 31.5 Å². The highest BCUT2D eigenvalue weighted by atomic mass is 79.9. The monoisotopic (exact) mass is 355 g/mol. The lowest BCUT2D eigenvalue weighted by atomic mass is 9.89. The number of ether oxygens (including phenoxy) is 2. The molecule has 1 aliphatic carbocycles. The highest BCUT2D eigenvalue weighted by Gasteiger charge is 2.21. The molecule has 21 heavy (non-hydrogen) atoms. The standard InChI is InChI=1S/C16H22BrNO3/c1-20-13-6-7-14(15(9-13)21-2)16(19)18-10-11-4-3-5-12(17)8-11/h6-7,9,11-12H,3-5,8,10H2,1-2H3,(H,18,19). The summed E-state index contributed by atoms with van der Waals surface area (Å²) in [6.07, 6.45) is 4.77. The molecule has 1 N–H and O–H groups in total. The molecule has 0 spiro atoms. The van der Waals surface area contributed by atoms with Gasteiger partial charge in [-0.3, -0.25) is 4.79 Å². The van der Waals surface area contributed by atoms with Gasteiger partial charge in [-0.15, -0.1) is 0 Å². The van der Waals surface area contributed by atoms with E-state index in [9.17, 15) is 4.79 Å². The maximum Gasteiger partial charge on any atom is 0.255 e. The second kappa shape index (κ2) is 7.69. The Hall–Kier alpha value is -1.23. The second-order valence-electron chi connectivity index (χ2n) is 5.41. The number of alkyl halides is 1. The van der Waals surface area contributed by atoms with Gasteiger partial charge in [0.2, 0.25) is 0 Å². The summed E-state index contributed by atoms with van der Waals surface area (Å²) in [4.78, 5) is 12.9. The van der Waals surface area contributed by atoms with Gasteiger partial charge in [0.05, 0.1) is 19.8 Å². The first-order chi connectivity index (χ1) is 10.1. The average molecular weight is 356 g/mol. The fourth-order valence-corrected chi connectivity index (χ4v) is 3.58. The summed E-state index contributed by atoms with van der Waals surface area (Å²) in [5.41, 5.74) is 0.546. The molecular weight excluding hydrogens is 334 g/mol. The van der Waals surface area contributed by atoms with Gasteiger partial charge in [0, 0.05) is 17.4 Å². The summed E-state index contributed by atoms with van der Waals surface area (Å²) in [5, 5.41) is 3.02. The minimum absolute atomic E-state index is 0.0915. The Morgan fingerprint density at radius 3 is 2.81 bits per heavy atom. The van der Waals surface area contributed by atoms with E-state index in [1.807, 2.05) is 0 Å². The molecule has 0 aromatic heterocycles. The molecule has 2 rings (SSSR count). The molecule has 5 heteroatoms. The largest absolute Gasteiger partial charge is 0.497 e. The van der Waals surface area contributed by atoms with Crippen LogP contribution in [0, 0.1) is 5.92 Å². The number of nitrogens with one attached hydrogen (secondary N) is 1. The van der Waals surface area contributed by atoms with E-state index in [-0.39, 0.29) is 5.91 Å². The lowest BCUT2D eigenvalue weighted by Crippen LogP contribution is -2.32. The van der Waals surface area contributed by atoms with Gasteiger partial charge in [0.1, 0.15) is 11.5 Å². The maximum absolute atomic E-state index is 12.3. The van der Waals surface area contributed by atoms with E-state index < -0.39 is 0 Å². The van der Waals surface area contributed by atoms with Crippen molar-refractivity contribution in [3.63, 3.8) is 0 Å². The van der Waals surface area contributed by atoms with Crippen molar-refractivity contribution in [2.45, 2.75) is 30.5 Å².